The molecule has 0 saturated heterocycles. The van der Waals surface area contributed by atoms with E-state index in [1.165, 1.54) is 0 Å². The number of anilines is 2. The zero-order valence-electron chi connectivity index (χ0n) is 8.17. The summed E-state index contributed by atoms with van der Waals surface area (Å²) in [6.45, 7) is 2.11. The highest BCUT2D eigenvalue weighted by Crippen LogP contribution is 2.20. The van der Waals surface area contributed by atoms with Crippen LogP contribution in [0.1, 0.15) is 12.5 Å². The molecule has 3 nitrogen and oxygen atoms in total. The molecule has 1 aromatic carbocycles. The van der Waals surface area contributed by atoms with Crippen LogP contribution in [0.4, 0.5) is 11.4 Å². The van der Waals surface area contributed by atoms with Gasteiger partial charge in [-0.3, -0.25) is 0 Å². The summed E-state index contributed by atoms with van der Waals surface area (Å²) in [5.41, 5.74) is 14.0. The van der Waals surface area contributed by atoms with Crippen LogP contribution in [0.15, 0.2) is 18.2 Å². The van der Waals surface area contributed by atoms with Crippen LogP contribution < -0.4 is 16.8 Å². The zero-order chi connectivity index (χ0) is 9.84. The Morgan fingerprint density at radius 2 is 2.08 bits per heavy atom. The van der Waals surface area contributed by atoms with Crippen molar-refractivity contribution in [2.75, 3.05) is 18.5 Å². The quantitative estimate of drug-likeness (QED) is 0.606. The van der Waals surface area contributed by atoms with Crippen molar-refractivity contribution in [3.8, 4) is 0 Å². The third-order valence-corrected chi connectivity index (χ3v) is 2.25. The summed E-state index contributed by atoms with van der Waals surface area (Å²) in [7, 11) is 1.94. The number of likely N-dealkylation sites (N-methyl/N-ethyl adjacent to an activating group) is 1. The number of nitrogen functional groups attached to an aromatic ring is 2. The fourth-order valence-corrected chi connectivity index (χ4v) is 1.24. The minimum absolute atomic E-state index is 0.420. The van der Waals surface area contributed by atoms with Gasteiger partial charge in [-0.1, -0.05) is 12.1 Å². The molecule has 1 unspecified atom stereocenters. The van der Waals surface area contributed by atoms with E-state index < -0.39 is 0 Å². The fraction of sp³-hybridized carbons (Fsp3) is 0.400. The summed E-state index contributed by atoms with van der Waals surface area (Å²) in [5.74, 6) is 0. The second-order valence-electron chi connectivity index (χ2n) is 3.31. The van der Waals surface area contributed by atoms with Gasteiger partial charge < -0.3 is 16.8 Å². The van der Waals surface area contributed by atoms with Crippen LogP contribution in [0.3, 0.4) is 0 Å². The molecule has 0 aromatic heterocycles. The molecule has 1 rings (SSSR count). The number of nitrogens with one attached hydrogen (secondary N) is 1. The van der Waals surface area contributed by atoms with Gasteiger partial charge in [0.1, 0.15) is 0 Å². The maximum absolute atomic E-state index is 5.83. The van der Waals surface area contributed by atoms with E-state index in [9.17, 15) is 0 Å². The van der Waals surface area contributed by atoms with Gasteiger partial charge in [0.25, 0.3) is 0 Å². The van der Waals surface area contributed by atoms with Gasteiger partial charge in [-0.05, 0) is 32.0 Å². The molecule has 0 aliphatic carbocycles. The van der Waals surface area contributed by atoms with Crippen molar-refractivity contribution in [2.24, 2.45) is 0 Å². The molecule has 3 heteroatoms. The third kappa shape index (κ3) is 2.36. The lowest BCUT2D eigenvalue weighted by atomic mass is 10.0. The lowest BCUT2D eigenvalue weighted by molar-refractivity contribution is 0.609. The Kier molecular flexibility index (Phi) is 3.14. The predicted molar refractivity (Wildman–Crippen MR) is 57.5 cm³/mol. The molecule has 0 spiro atoms. The molecule has 0 radical (unpaired) electrons. The molecule has 0 fully saturated rings. The number of nitrogens with two attached hydrogens (primary N) is 2. The Hall–Kier alpha value is -1.22. The minimum atomic E-state index is 0.420. The normalized spacial score (nSPS) is 12.8. The zero-order valence-corrected chi connectivity index (χ0v) is 8.17. The second kappa shape index (κ2) is 4.14. The standard InChI is InChI=1S/C10H17N3/c1-7(13-2)6-8-4-3-5-9(11)10(8)12/h3-5,7,13H,6,11-12H2,1-2H3. The number of rotatable bonds is 3. The van der Waals surface area contributed by atoms with Gasteiger partial charge in [0.15, 0.2) is 0 Å². The van der Waals surface area contributed by atoms with E-state index in [-0.39, 0.29) is 0 Å². The average Bonchev–Trinajstić information content (AvgIpc) is 2.13. The maximum atomic E-state index is 5.83. The number of hydrogen-bond donors (Lipinski definition) is 3. The highest BCUT2D eigenvalue weighted by atomic mass is 14.8. The number of hydrogen-bond acceptors (Lipinski definition) is 3. The Morgan fingerprint density at radius 1 is 1.38 bits per heavy atom. The summed E-state index contributed by atoms with van der Waals surface area (Å²) >= 11 is 0. The van der Waals surface area contributed by atoms with Crippen molar-refractivity contribution in [3.05, 3.63) is 23.8 Å². The maximum Gasteiger partial charge on any atom is 0.0580 e. The Bertz CT molecular complexity index is 283. The van der Waals surface area contributed by atoms with Gasteiger partial charge >= 0.3 is 0 Å². The van der Waals surface area contributed by atoms with Gasteiger partial charge in [-0.25, -0.2) is 0 Å². The largest absolute Gasteiger partial charge is 0.397 e. The van der Waals surface area contributed by atoms with E-state index in [1.807, 2.05) is 25.2 Å². The average molecular weight is 179 g/mol. The number of benzene rings is 1. The first kappa shape index (κ1) is 9.86. The van der Waals surface area contributed by atoms with E-state index in [0.717, 1.165) is 12.0 Å². The third-order valence-electron chi connectivity index (χ3n) is 2.25. The number of para-hydroxylation sites is 1. The minimum Gasteiger partial charge on any atom is -0.397 e. The lowest BCUT2D eigenvalue weighted by Gasteiger charge is -2.12. The molecule has 0 aliphatic rings. The van der Waals surface area contributed by atoms with Crippen LogP contribution in [-0.2, 0) is 6.42 Å². The molecule has 0 bridgehead atoms. The van der Waals surface area contributed by atoms with Crippen LogP contribution in [-0.4, -0.2) is 13.1 Å². The SMILES string of the molecule is CNC(C)Cc1cccc(N)c1N. The summed E-state index contributed by atoms with van der Waals surface area (Å²) < 4.78 is 0. The van der Waals surface area contributed by atoms with Crippen LogP contribution >= 0.6 is 0 Å². The van der Waals surface area contributed by atoms with Crippen molar-refractivity contribution in [3.63, 3.8) is 0 Å². The van der Waals surface area contributed by atoms with Crippen molar-refractivity contribution in [1.29, 1.82) is 0 Å². The van der Waals surface area contributed by atoms with Crippen molar-refractivity contribution in [2.45, 2.75) is 19.4 Å². The van der Waals surface area contributed by atoms with Gasteiger partial charge in [-0.2, -0.15) is 0 Å². The summed E-state index contributed by atoms with van der Waals surface area (Å²) in [5, 5.41) is 3.16. The van der Waals surface area contributed by atoms with Gasteiger partial charge in [0.05, 0.1) is 11.4 Å². The molecule has 1 atom stereocenters. The van der Waals surface area contributed by atoms with Crippen molar-refractivity contribution < 1.29 is 0 Å². The first-order valence-corrected chi connectivity index (χ1v) is 4.45. The fourth-order valence-electron chi connectivity index (χ4n) is 1.24. The van der Waals surface area contributed by atoms with Crippen molar-refractivity contribution >= 4 is 11.4 Å². The first-order valence-electron chi connectivity index (χ1n) is 4.45. The molecule has 13 heavy (non-hydrogen) atoms. The summed E-state index contributed by atoms with van der Waals surface area (Å²) in [6.07, 6.45) is 0.910. The van der Waals surface area contributed by atoms with Crippen molar-refractivity contribution in [1.82, 2.24) is 5.32 Å². The van der Waals surface area contributed by atoms with E-state index in [2.05, 4.69) is 12.2 Å². The smallest absolute Gasteiger partial charge is 0.0580 e. The van der Waals surface area contributed by atoms with Gasteiger partial charge in [0.2, 0.25) is 0 Å². The first-order chi connectivity index (χ1) is 6.15. The summed E-state index contributed by atoms with van der Waals surface area (Å²) in [6, 6.07) is 6.19. The molecule has 0 saturated carbocycles. The van der Waals surface area contributed by atoms with E-state index in [4.69, 9.17) is 11.5 Å². The highest BCUT2D eigenvalue weighted by Gasteiger charge is 2.05. The molecule has 72 valence electrons. The van der Waals surface area contributed by atoms with Crippen LogP contribution in [0.2, 0.25) is 0 Å². The Balaban J connectivity index is 2.83. The Labute approximate surface area is 79.1 Å². The molecule has 0 amide bonds. The van der Waals surface area contributed by atoms with Gasteiger partial charge in [0, 0.05) is 6.04 Å². The van der Waals surface area contributed by atoms with E-state index in [1.54, 1.807) is 0 Å². The van der Waals surface area contributed by atoms with E-state index >= 15 is 0 Å². The molecular formula is C10H17N3. The highest BCUT2D eigenvalue weighted by molar-refractivity contribution is 5.67. The molecule has 0 heterocycles. The van der Waals surface area contributed by atoms with E-state index in [0.29, 0.717) is 17.4 Å². The summed E-state index contributed by atoms with van der Waals surface area (Å²) in [4.78, 5) is 0. The molecule has 5 N–H and O–H groups in total. The second-order valence-corrected chi connectivity index (χ2v) is 3.31. The predicted octanol–water partition coefficient (Wildman–Crippen LogP) is 1.00. The molecular weight excluding hydrogens is 162 g/mol. The molecule has 1 aromatic rings. The van der Waals surface area contributed by atoms with Crippen LogP contribution in [0.5, 0.6) is 0 Å². The lowest BCUT2D eigenvalue weighted by Crippen LogP contribution is -2.24. The monoisotopic (exact) mass is 179 g/mol. The topological polar surface area (TPSA) is 64.1 Å². The van der Waals surface area contributed by atoms with Gasteiger partial charge in [-0.15, -0.1) is 0 Å². The van der Waals surface area contributed by atoms with Crippen LogP contribution in [0.25, 0.3) is 0 Å². The Morgan fingerprint density at radius 3 is 2.69 bits per heavy atom. The molecule has 0 aliphatic heterocycles. The van der Waals surface area contributed by atoms with Crippen LogP contribution in [0, 0.1) is 0 Å².